The SMILES string of the molecule is CC(C)n1cnc2ccc(NC3(c4c(F)ccc(Cl)c4Cl)CCNC3)nc2c1=O. The van der Waals surface area contributed by atoms with Gasteiger partial charge in [0.15, 0.2) is 5.52 Å². The molecule has 1 unspecified atom stereocenters. The van der Waals surface area contributed by atoms with Crippen LogP contribution in [0.4, 0.5) is 10.2 Å². The van der Waals surface area contributed by atoms with Crippen LogP contribution < -0.4 is 16.2 Å². The third-order valence-electron chi connectivity index (χ3n) is 5.23. The Morgan fingerprint density at radius 1 is 1.28 bits per heavy atom. The van der Waals surface area contributed by atoms with E-state index in [0.717, 1.165) is 0 Å². The van der Waals surface area contributed by atoms with E-state index in [4.69, 9.17) is 23.2 Å². The maximum Gasteiger partial charge on any atom is 0.280 e. The number of pyridine rings is 1. The van der Waals surface area contributed by atoms with Crippen molar-refractivity contribution in [2.45, 2.75) is 31.8 Å². The summed E-state index contributed by atoms with van der Waals surface area (Å²) in [5.74, 6) is -0.00253. The van der Waals surface area contributed by atoms with Crippen molar-refractivity contribution in [3.8, 4) is 0 Å². The van der Waals surface area contributed by atoms with Crippen LogP contribution in [0.3, 0.4) is 0 Å². The molecule has 1 atom stereocenters. The van der Waals surface area contributed by atoms with E-state index in [9.17, 15) is 9.18 Å². The number of hydrogen-bond acceptors (Lipinski definition) is 5. The first kappa shape index (κ1) is 20.1. The first-order valence-electron chi connectivity index (χ1n) is 9.33. The highest BCUT2D eigenvalue weighted by molar-refractivity contribution is 6.42. The molecule has 2 N–H and O–H groups in total. The average molecular weight is 436 g/mol. The first-order chi connectivity index (χ1) is 13.8. The molecule has 4 rings (SSSR count). The van der Waals surface area contributed by atoms with Crippen molar-refractivity contribution >= 4 is 40.1 Å². The molecule has 0 radical (unpaired) electrons. The molecule has 2 aromatic heterocycles. The summed E-state index contributed by atoms with van der Waals surface area (Å²) in [7, 11) is 0. The molecule has 6 nitrogen and oxygen atoms in total. The fourth-order valence-electron chi connectivity index (χ4n) is 3.74. The summed E-state index contributed by atoms with van der Waals surface area (Å²) >= 11 is 12.5. The highest BCUT2D eigenvalue weighted by atomic mass is 35.5. The minimum absolute atomic E-state index is 0.0393. The molecule has 0 amide bonds. The van der Waals surface area contributed by atoms with Gasteiger partial charge in [0, 0.05) is 18.2 Å². The van der Waals surface area contributed by atoms with Gasteiger partial charge in [-0.1, -0.05) is 23.2 Å². The van der Waals surface area contributed by atoms with Gasteiger partial charge in [-0.15, -0.1) is 0 Å². The second-order valence-electron chi connectivity index (χ2n) is 7.47. The molecule has 0 aliphatic carbocycles. The molecule has 29 heavy (non-hydrogen) atoms. The van der Waals surface area contributed by atoms with E-state index in [2.05, 4.69) is 20.6 Å². The zero-order valence-electron chi connectivity index (χ0n) is 16.0. The molecule has 9 heteroatoms. The summed E-state index contributed by atoms with van der Waals surface area (Å²) in [6.07, 6.45) is 2.10. The van der Waals surface area contributed by atoms with E-state index < -0.39 is 11.4 Å². The Labute approximate surface area is 177 Å². The zero-order valence-corrected chi connectivity index (χ0v) is 17.5. The Morgan fingerprint density at radius 2 is 2.07 bits per heavy atom. The topological polar surface area (TPSA) is 71.8 Å². The largest absolute Gasteiger partial charge is 0.359 e. The highest BCUT2D eigenvalue weighted by Gasteiger charge is 2.40. The van der Waals surface area contributed by atoms with E-state index in [-0.39, 0.29) is 27.2 Å². The molecule has 3 heterocycles. The molecule has 1 saturated heterocycles. The Bertz CT molecular complexity index is 1140. The van der Waals surface area contributed by atoms with Gasteiger partial charge < -0.3 is 10.6 Å². The molecule has 0 bridgehead atoms. The predicted octanol–water partition coefficient (Wildman–Crippen LogP) is 4.12. The summed E-state index contributed by atoms with van der Waals surface area (Å²) in [6, 6.07) is 6.16. The minimum atomic E-state index is -0.841. The van der Waals surface area contributed by atoms with Crippen LogP contribution in [0.5, 0.6) is 0 Å². The van der Waals surface area contributed by atoms with Crippen LogP contribution >= 0.6 is 23.2 Å². The van der Waals surface area contributed by atoms with Crippen LogP contribution in [0.15, 0.2) is 35.4 Å². The van der Waals surface area contributed by atoms with Gasteiger partial charge in [-0.2, -0.15) is 0 Å². The lowest BCUT2D eigenvalue weighted by atomic mass is 9.88. The van der Waals surface area contributed by atoms with Crippen molar-refractivity contribution in [2.24, 2.45) is 0 Å². The van der Waals surface area contributed by atoms with Crippen LogP contribution in [-0.4, -0.2) is 27.6 Å². The average Bonchev–Trinajstić information content (AvgIpc) is 3.14. The van der Waals surface area contributed by atoms with Crippen molar-refractivity contribution < 1.29 is 4.39 Å². The molecule has 0 saturated carbocycles. The van der Waals surface area contributed by atoms with Crippen molar-refractivity contribution in [1.29, 1.82) is 0 Å². The van der Waals surface area contributed by atoms with Crippen molar-refractivity contribution in [3.63, 3.8) is 0 Å². The fraction of sp³-hybridized carbons (Fsp3) is 0.350. The van der Waals surface area contributed by atoms with Gasteiger partial charge in [0.2, 0.25) is 0 Å². The Balaban J connectivity index is 1.83. The molecule has 1 aliphatic heterocycles. The van der Waals surface area contributed by atoms with E-state index in [1.54, 1.807) is 12.1 Å². The van der Waals surface area contributed by atoms with E-state index in [1.807, 2.05) is 13.8 Å². The third kappa shape index (κ3) is 3.47. The number of aromatic nitrogens is 3. The van der Waals surface area contributed by atoms with Crippen molar-refractivity contribution in [2.75, 3.05) is 18.4 Å². The van der Waals surface area contributed by atoms with Gasteiger partial charge >= 0.3 is 0 Å². The maximum atomic E-state index is 14.8. The van der Waals surface area contributed by atoms with Gasteiger partial charge in [0.25, 0.3) is 5.56 Å². The molecule has 1 fully saturated rings. The Kier molecular flexibility index (Phi) is 5.23. The summed E-state index contributed by atoms with van der Waals surface area (Å²) in [6.45, 7) is 4.91. The summed E-state index contributed by atoms with van der Waals surface area (Å²) in [4.78, 5) is 21.6. The van der Waals surface area contributed by atoms with Crippen molar-refractivity contribution in [1.82, 2.24) is 19.9 Å². The number of benzene rings is 1. The lowest BCUT2D eigenvalue weighted by Gasteiger charge is -2.32. The number of nitrogens with zero attached hydrogens (tertiary/aromatic N) is 3. The van der Waals surface area contributed by atoms with Gasteiger partial charge in [-0.3, -0.25) is 9.36 Å². The van der Waals surface area contributed by atoms with Crippen LogP contribution in [-0.2, 0) is 5.54 Å². The molecule has 0 spiro atoms. The summed E-state index contributed by atoms with van der Waals surface area (Å²) in [5.41, 5.74) is -0.0111. The number of rotatable bonds is 4. The van der Waals surface area contributed by atoms with E-state index >= 15 is 0 Å². The van der Waals surface area contributed by atoms with Gasteiger partial charge in [-0.25, -0.2) is 14.4 Å². The smallest absolute Gasteiger partial charge is 0.280 e. The monoisotopic (exact) mass is 435 g/mol. The van der Waals surface area contributed by atoms with Crippen molar-refractivity contribution in [3.05, 3.63) is 62.4 Å². The fourth-order valence-corrected chi connectivity index (χ4v) is 4.23. The summed E-state index contributed by atoms with van der Waals surface area (Å²) in [5, 5.41) is 7.01. The molecule has 1 aliphatic rings. The standard InChI is InChI=1S/C20H20Cl2FN5O/c1-11(2)28-10-25-14-5-6-15(26-18(14)19(28)29)27-20(7-8-24-9-20)16-13(23)4-3-12(21)17(16)22/h3-6,10-11,24H,7-9H2,1-2H3,(H,26,27). The predicted molar refractivity (Wildman–Crippen MR) is 113 cm³/mol. The van der Waals surface area contributed by atoms with Crippen LogP contribution in [0.2, 0.25) is 10.0 Å². The third-order valence-corrected chi connectivity index (χ3v) is 6.04. The van der Waals surface area contributed by atoms with Gasteiger partial charge in [-0.05, 0) is 51.1 Å². The molecular weight excluding hydrogens is 416 g/mol. The van der Waals surface area contributed by atoms with Crippen LogP contribution in [0.25, 0.3) is 11.0 Å². The zero-order chi connectivity index (χ0) is 20.8. The minimum Gasteiger partial charge on any atom is -0.359 e. The molecule has 152 valence electrons. The molecular formula is C20H20Cl2FN5O. The van der Waals surface area contributed by atoms with E-state index in [0.29, 0.717) is 36.4 Å². The second kappa shape index (κ2) is 7.55. The van der Waals surface area contributed by atoms with Crippen LogP contribution in [0, 0.1) is 5.82 Å². The number of anilines is 1. The quantitative estimate of drug-likeness (QED) is 0.603. The second-order valence-corrected chi connectivity index (χ2v) is 8.25. The van der Waals surface area contributed by atoms with E-state index in [1.165, 1.54) is 23.0 Å². The normalized spacial score (nSPS) is 19.2. The maximum absolute atomic E-state index is 14.8. The number of halogens is 3. The van der Waals surface area contributed by atoms with Crippen LogP contribution in [0.1, 0.15) is 31.9 Å². The lowest BCUT2D eigenvalue weighted by molar-refractivity contribution is 0.494. The van der Waals surface area contributed by atoms with Gasteiger partial charge in [0.1, 0.15) is 11.6 Å². The lowest BCUT2D eigenvalue weighted by Crippen LogP contribution is -2.39. The number of fused-ring (bicyclic) bond motifs is 1. The van der Waals surface area contributed by atoms with Gasteiger partial charge in [0.05, 0.1) is 27.4 Å². The summed E-state index contributed by atoms with van der Waals surface area (Å²) < 4.78 is 16.3. The first-order valence-corrected chi connectivity index (χ1v) is 10.1. The number of hydrogen-bond donors (Lipinski definition) is 2. The number of nitrogens with one attached hydrogen (secondary N) is 2. The molecule has 1 aromatic carbocycles. The highest BCUT2D eigenvalue weighted by Crippen LogP contribution is 2.40. The Morgan fingerprint density at radius 3 is 2.76 bits per heavy atom. The molecule has 3 aromatic rings. The Hall–Kier alpha value is -2.22.